The number of thiophene rings is 2. The van der Waals surface area contributed by atoms with Gasteiger partial charge in [0.05, 0.1) is 18.0 Å². The molecule has 0 saturated carbocycles. The van der Waals surface area contributed by atoms with Crippen molar-refractivity contribution in [1.82, 2.24) is 4.90 Å². The zero-order valence-electron chi connectivity index (χ0n) is 12.2. The van der Waals surface area contributed by atoms with Crippen LogP contribution in [0.1, 0.15) is 32.6 Å². The van der Waals surface area contributed by atoms with E-state index in [4.69, 9.17) is 5.73 Å². The molecule has 1 amide bonds. The third kappa shape index (κ3) is 3.94. The highest BCUT2D eigenvalue weighted by Gasteiger charge is 2.17. The van der Waals surface area contributed by atoms with Gasteiger partial charge in [0, 0.05) is 22.9 Å². The number of nitrogens with zero attached hydrogens (tertiary/aromatic N) is 1. The summed E-state index contributed by atoms with van der Waals surface area (Å²) < 4.78 is 0. The van der Waals surface area contributed by atoms with Crippen molar-refractivity contribution < 1.29 is 4.79 Å². The number of rotatable bonds is 4. The minimum Gasteiger partial charge on any atom is -0.336 e. The standard InChI is InChI=1S/C16H18N2OS2/c1-3-13-6-8-20-15(13)16(19)18(2)10-14-9-12(11-21-14)5-4-7-17/h6,8-9,11H,3,7,10,17H2,1-2H3. The second-order valence-corrected chi connectivity index (χ2v) is 6.51. The molecule has 0 fully saturated rings. The normalized spacial score (nSPS) is 10.0. The summed E-state index contributed by atoms with van der Waals surface area (Å²) in [7, 11) is 1.84. The summed E-state index contributed by atoms with van der Waals surface area (Å²) >= 11 is 3.13. The van der Waals surface area contributed by atoms with Gasteiger partial charge in [-0.05, 0) is 29.5 Å². The van der Waals surface area contributed by atoms with Crippen molar-refractivity contribution in [2.75, 3.05) is 13.6 Å². The van der Waals surface area contributed by atoms with E-state index in [1.807, 2.05) is 29.9 Å². The predicted molar refractivity (Wildman–Crippen MR) is 89.7 cm³/mol. The van der Waals surface area contributed by atoms with Gasteiger partial charge in [-0.25, -0.2) is 0 Å². The first-order chi connectivity index (χ1) is 10.2. The molecule has 21 heavy (non-hydrogen) atoms. The van der Waals surface area contributed by atoms with E-state index in [9.17, 15) is 4.79 Å². The summed E-state index contributed by atoms with van der Waals surface area (Å²) in [5.41, 5.74) is 7.45. The Morgan fingerprint density at radius 3 is 2.95 bits per heavy atom. The fraction of sp³-hybridized carbons (Fsp3) is 0.312. The summed E-state index contributed by atoms with van der Waals surface area (Å²) in [6, 6.07) is 4.05. The minimum atomic E-state index is 0.0878. The fourth-order valence-electron chi connectivity index (χ4n) is 1.96. The molecule has 110 valence electrons. The van der Waals surface area contributed by atoms with Gasteiger partial charge < -0.3 is 10.6 Å². The summed E-state index contributed by atoms with van der Waals surface area (Å²) in [6.45, 7) is 3.04. The van der Waals surface area contributed by atoms with E-state index in [0.717, 1.165) is 27.3 Å². The van der Waals surface area contributed by atoms with Crippen molar-refractivity contribution in [2.45, 2.75) is 19.9 Å². The Morgan fingerprint density at radius 1 is 1.43 bits per heavy atom. The number of amides is 1. The Bertz CT molecular complexity index is 676. The number of carbonyl (C=O) groups excluding carboxylic acids is 1. The number of nitrogens with two attached hydrogens (primary N) is 1. The van der Waals surface area contributed by atoms with Crippen molar-refractivity contribution in [3.8, 4) is 11.8 Å². The summed E-state index contributed by atoms with van der Waals surface area (Å²) in [6.07, 6.45) is 0.885. The van der Waals surface area contributed by atoms with Crippen LogP contribution in [0.15, 0.2) is 22.9 Å². The molecule has 3 nitrogen and oxygen atoms in total. The Hall–Kier alpha value is -1.61. The van der Waals surface area contributed by atoms with Gasteiger partial charge in [-0.15, -0.1) is 22.7 Å². The number of carbonyl (C=O) groups is 1. The molecule has 0 aliphatic heterocycles. The SMILES string of the molecule is CCc1ccsc1C(=O)N(C)Cc1cc(C#CCN)cs1. The topological polar surface area (TPSA) is 46.3 Å². The maximum atomic E-state index is 12.5. The van der Waals surface area contributed by atoms with Crippen LogP contribution in [0, 0.1) is 11.8 Å². The molecule has 0 atom stereocenters. The third-order valence-electron chi connectivity index (χ3n) is 3.05. The lowest BCUT2D eigenvalue weighted by molar-refractivity contribution is 0.0790. The highest BCUT2D eigenvalue weighted by atomic mass is 32.1. The molecule has 2 aromatic heterocycles. The van der Waals surface area contributed by atoms with Crippen LogP contribution in [0.2, 0.25) is 0 Å². The molecule has 2 aromatic rings. The number of hydrogen-bond acceptors (Lipinski definition) is 4. The second kappa shape index (κ2) is 7.41. The van der Waals surface area contributed by atoms with Crippen LogP contribution in [0.3, 0.4) is 0 Å². The first kappa shape index (κ1) is 15.8. The number of aryl methyl sites for hydroxylation is 1. The molecule has 0 radical (unpaired) electrons. The minimum absolute atomic E-state index is 0.0878. The molecule has 0 aromatic carbocycles. The summed E-state index contributed by atoms with van der Waals surface area (Å²) in [4.78, 5) is 16.2. The van der Waals surface area contributed by atoms with E-state index in [1.54, 1.807) is 16.2 Å². The molecule has 2 rings (SSSR count). The molecule has 2 heterocycles. The van der Waals surface area contributed by atoms with Gasteiger partial charge in [0.25, 0.3) is 5.91 Å². The zero-order chi connectivity index (χ0) is 15.2. The maximum absolute atomic E-state index is 12.5. The summed E-state index contributed by atoms with van der Waals surface area (Å²) in [5.74, 6) is 5.93. The van der Waals surface area contributed by atoms with Crippen molar-refractivity contribution in [2.24, 2.45) is 5.73 Å². The van der Waals surface area contributed by atoms with E-state index in [1.165, 1.54) is 11.3 Å². The van der Waals surface area contributed by atoms with Gasteiger partial charge >= 0.3 is 0 Å². The Kier molecular flexibility index (Phi) is 5.57. The first-order valence-electron chi connectivity index (χ1n) is 6.73. The summed E-state index contributed by atoms with van der Waals surface area (Å²) in [5, 5.41) is 3.98. The van der Waals surface area contributed by atoms with E-state index in [0.29, 0.717) is 13.1 Å². The lowest BCUT2D eigenvalue weighted by atomic mass is 10.2. The highest BCUT2D eigenvalue weighted by Crippen LogP contribution is 2.21. The predicted octanol–water partition coefficient (Wildman–Crippen LogP) is 2.95. The zero-order valence-corrected chi connectivity index (χ0v) is 13.8. The molecule has 0 unspecified atom stereocenters. The van der Waals surface area contributed by atoms with Gasteiger partial charge in [-0.1, -0.05) is 18.8 Å². The lowest BCUT2D eigenvalue weighted by Crippen LogP contribution is -2.25. The van der Waals surface area contributed by atoms with Crippen LogP contribution in [0.5, 0.6) is 0 Å². The number of hydrogen-bond donors (Lipinski definition) is 1. The van der Waals surface area contributed by atoms with Gasteiger partial charge in [-0.3, -0.25) is 4.79 Å². The molecule has 0 aliphatic rings. The Morgan fingerprint density at radius 2 is 2.24 bits per heavy atom. The van der Waals surface area contributed by atoms with Crippen molar-refractivity contribution in [3.05, 3.63) is 43.8 Å². The van der Waals surface area contributed by atoms with E-state index < -0.39 is 0 Å². The van der Waals surface area contributed by atoms with Gasteiger partial charge in [-0.2, -0.15) is 0 Å². The van der Waals surface area contributed by atoms with Crippen molar-refractivity contribution >= 4 is 28.6 Å². The average Bonchev–Trinajstić information content (AvgIpc) is 3.12. The van der Waals surface area contributed by atoms with Crippen LogP contribution in [0.25, 0.3) is 0 Å². The van der Waals surface area contributed by atoms with Crippen LogP contribution < -0.4 is 5.73 Å². The van der Waals surface area contributed by atoms with Crippen LogP contribution in [-0.4, -0.2) is 24.4 Å². The molecular weight excluding hydrogens is 300 g/mol. The molecule has 5 heteroatoms. The van der Waals surface area contributed by atoms with Crippen molar-refractivity contribution in [3.63, 3.8) is 0 Å². The van der Waals surface area contributed by atoms with E-state index in [-0.39, 0.29) is 5.91 Å². The molecule has 0 saturated heterocycles. The molecule has 0 spiro atoms. The molecule has 0 aliphatic carbocycles. The fourth-order valence-corrected chi connectivity index (χ4v) is 3.82. The van der Waals surface area contributed by atoms with Gasteiger partial charge in [0.1, 0.15) is 0 Å². The smallest absolute Gasteiger partial charge is 0.264 e. The maximum Gasteiger partial charge on any atom is 0.264 e. The quantitative estimate of drug-likeness (QED) is 0.881. The largest absolute Gasteiger partial charge is 0.336 e. The lowest BCUT2D eigenvalue weighted by Gasteiger charge is -2.16. The Labute approximate surface area is 133 Å². The third-order valence-corrected chi connectivity index (χ3v) is 4.92. The molecule has 0 bridgehead atoms. The van der Waals surface area contributed by atoms with Gasteiger partial charge in [0.15, 0.2) is 0 Å². The van der Waals surface area contributed by atoms with Crippen LogP contribution >= 0.6 is 22.7 Å². The molecule has 2 N–H and O–H groups in total. The van der Waals surface area contributed by atoms with Gasteiger partial charge in [0.2, 0.25) is 0 Å². The van der Waals surface area contributed by atoms with Crippen LogP contribution in [-0.2, 0) is 13.0 Å². The highest BCUT2D eigenvalue weighted by molar-refractivity contribution is 7.12. The monoisotopic (exact) mass is 318 g/mol. The van der Waals surface area contributed by atoms with E-state index in [2.05, 4.69) is 18.8 Å². The molecular formula is C16H18N2OS2. The van der Waals surface area contributed by atoms with Crippen LogP contribution in [0.4, 0.5) is 0 Å². The average molecular weight is 318 g/mol. The Balaban J connectivity index is 2.05. The first-order valence-corrected chi connectivity index (χ1v) is 8.49. The second-order valence-electron chi connectivity index (χ2n) is 4.60. The van der Waals surface area contributed by atoms with Crippen molar-refractivity contribution in [1.29, 1.82) is 0 Å². The van der Waals surface area contributed by atoms with E-state index >= 15 is 0 Å².